The van der Waals surface area contributed by atoms with Gasteiger partial charge in [0.1, 0.15) is 6.54 Å². The lowest BCUT2D eigenvalue weighted by molar-refractivity contribution is -0.138. The molecule has 0 aliphatic rings. The maximum Gasteiger partial charge on any atom is 0.323 e. The van der Waals surface area contributed by atoms with Gasteiger partial charge in [-0.25, -0.2) is 4.79 Å². The Kier molecular flexibility index (Phi) is 5.78. The van der Waals surface area contributed by atoms with Gasteiger partial charge in [0.25, 0.3) is 0 Å². The van der Waals surface area contributed by atoms with Crippen LogP contribution < -0.4 is 5.32 Å². The largest absolute Gasteiger partial charge is 0.480 e. The van der Waals surface area contributed by atoms with Crippen molar-refractivity contribution in [3.63, 3.8) is 0 Å². The number of amides is 2. The van der Waals surface area contributed by atoms with E-state index < -0.39 is 17.5 Å². The van der Waals surface area contributed by atoms with Gasteiger partial charge in [-0.3, -0.25) is 4.79 Å². The van der Waals surface area contributed by atoms with Gasteiger partial charge in [-0.2, -0.15) is 0 Å². The van der Waals surface area contributed by atoms with Crippen molar-refractivity contribution < 1.29 is 14.7 Å². The monoisotopic (exact) mass is 356 g/mol. The van der Waals surface area contributed by atoms with Crippen LogP contribution in [0.15, 0.2) is 28.7 Å². The van der Waals surface area contributed by atoms with E-state index in [2.05, 4.69) is 21.2 Å². The molecule has 1 atom stereocenters. The number of carbonyl (C=O) groups excluding carboxylic acids is 1. The summed E-state index contributed by atoms with van der Waals surface area (Å²) in [5.74, 6) is -1.03. The maximum absolute atomic E-state index is 12.3. The standard InChI is InChI=1S/C15H21BrN2O3/c1-10(11-6-5-7-12(16)8-11)17-14(21)18(9-13(19)20)15(2,3)4/h5-8,10H,9H2,1-4H3,(H,17,21)(H,19,20). The predicted octanol–water partition coefficient (Wildman–Crippen LogP) is 3.40. The highest BCUT2D eigenvalue weighted by atomic mass is 79.9. The normalized spacial score (nSPS) is 12.6. The summed E-state index contributed by atoms with van der Waals surface area (Å²) >= 11 is 3.39. The van der Waals surface area contributed by atoms with Crippen molar-refractivity contribution in [2.45, 2.75) is 39.3 Å². The lowest BCUT2D eigenvalue weighted by atomic mass is 10.1. The van der Waals surface area contributed by atoms with Crippen LogP contribution in [0.4, 0.5) is 4.79 Å². The molecule has 0 bridgehead atoms. The summed E-state index contributed by atoms with van der Waals surface area (Å²) in [7, 11) is 0. The Morgan fingerprint density at radius 2 is 2.00 bits per heavy atom. The van der Waals surface area contributed by atoms with Gasteiger partial charge in [0, 0.05) is 10.0 Å². The molecule has 116 valence electrons. The first-order chi connectivity index (χ1) is 9.61. The summed E-state index contributed by atoms with van der Waals surface area (Å²) in [4.78, 5) is 24.6. The van der Waals surface area contributed by atoms with E-state index in [1.165, 1.54) is 4.90 Å². The van der Waals surface area contributed by atoms with E-state index >= 15 is 0 Å². The number of hydrogen-bond acceptors (Lipinski definition) is 2. The smallest absolute Gasteiger partial charge is 0.323 e. The van der Waals surface area contributed by atoms with Crippen LogP contribution in [0, 0.1) is 0 Å². The maximum atomic E-state index is 12.3. The summed E-state index contributed by atoms with van der Waals surface area (Å²) < 4.78 is 0.930. The van der Waals surface area contributed by atoms with Gasteiger partial charge in [-0.1, -0.05) is 28.1 Å². The molecule has 0 saturated heterocycles. The van der Waals surface area contributed by atoms with Gasteiger partial charge in [0.05, 0.1) is 6.04 Å². The minimum Gasteiger partial charge on any atom is -0.480 e. The molecule has 0 spiro atoms. The molecule has 21 heavy (non-hydrogen) atoms. The molecule has 0 fully saturated rings. The first-order valence-corrected chi connectivity index (χ1v) is 7.46. The highest BCUT2D eigenvalue weighted by Crippen LogP contribution is 2.19. The second kappa shape index (κ2) is 6.93. The first-order valence-electron chi connectivity index (χ1n) is 6.66. The van der Waals surface area contributed by atoms with Crippen molar-refractivity contribution in [2.75, 3.05) is 6.54 Å². The third-order valence-corrected chi connectivity index (χ3v) is 3.53. The number of hydrogen-bond donors (Lipinski definition) is 2. The van der Waals surface area contributed by atoms with Crippen molar-refractivity contribution in [3.05, 3.63) is 34.3 Å². The molecule has 1 unspecified atom stereocenters. The summed E-state index contributed by atoms with van der Waals surface area (Å²) in [6.07, 6.45) is 0. The number of carboxylic acids is 1. The van der Waals surface area contributed by atoms with Crippen molar-refractivity contribution in [1.82, 2.24) is 10.2 Å². The second-order valence-electron chi connectivity index (χ2n) is 5.88. The van der Waals surface area contributed by atoms with Crippen LogP contribution >= 0.6 is 15.9 Å². The molecule has 6 heteroatoms. The van der Waals surface area contributed by atoms with Crippen LogP contribution in [0.2, 0.25) is 0 Å². The lowest BCUT2D eigenvalue weighted by Gasteiger charge is -2.35. The molecule has 0 aromatic heterocycles. The Bertz CT molecular complexity index is 526. The number of urea groups is 1. The molecule has 2 N–H and O–H groups in total. The summed E-state index contributed by atoms with van der Waals surface area (Å²) in [5, 5.41) is 11.8. The third kappa shape index (κ3) is 5.38. The highest BCUT2D eigenvalue weighted by molar-refractivity contribution is 9.10. The molecule has 0 aliphatic heterocycles. The quantitative estimate of drug-likeness (QED) is 0.868. The van der Waals surface area contributed by atoms with Crippen molar-refractivity contribution in [1.29, 1.82) is 0 Å². The molecule has 1 rings (SSSR count). The van der Waals surface area contributed by atoms with Gasteiger partial charge in [0.2, 0.25) is 0 Å². The topological polar surface area (TPSA) is 69.6 Å². The summed E-state index contributed by atoms with van der Waals surface area (Å²) in [5.41, 5.74) is 0.376. The second-order valence-corrected chi connectivity index (χ2v) is 6.79. The fourth-order valence-electron chi connectivity index (χ4n) is 1.87. The van der Waals surface area contributed by atoms with Crippen molar-refractivity contribution in [2.24, 2.45) is 0 Å². The van der Waals surface area contributed by atoms with Crippen LogP contribution in [-0.2, 0) is 4.79 Å². The predicted molar refractivity (Wildman–Crippen MR) is 85.2 cm³/mol. The third-order valence-electron chi connectivity index (χ3n) is 3.04. The molecule has 0 radical (unpaired) electrons. The van der Waals surface area contributed by atoms with Gasteiger partial charge in [-0.15, -0.1) is 0 Å². The fourth-order valence-corrected chi connectivity index (χ4v) is 2.29. The lowest BCUT2D eigenvalue weighted by Crippen LogP contribution is -2.52. The average Bonchev–Trinajstić information content (AvgIpc) is 2.34. The molecule has 0 heterocycles. The number of carbonyl (C=O) groups is 2. The Morgan fingerprint density at radius 3 is 2.48 bits per heavy atom. The zero-order valence-electron chi connectivity index (χ0n) is 12.7. The Hall–Kier alpha value is -1.56. The van der Waals surface area contributed by atoms with E-state index in [0.717, 1.165) is 10.0 Å². The summed E-state index contributed by atoms with van der Waals surface area (Å²) in [6, 6.07) is 7.02. The number of carboxylic acid groups (broad SMARTS) is 1. The zero-order chi connectivity index (χ0) is 16.2. The van der Waals surface area contributed by atoms with E-state index in [1.807, 2.05) is 31.2 Å². The first kappa shape index (κ1) is 17.5. The number of benzene rings is 1. The molecule has 0 saturated carbocycles. The van der Waals surface area contributed by atoms with Crippen LogP contribution in [-0.4, -0.2) is 34.1 Å². The number of aliphatic carboxylic acids is 1. The Morgan fingerprint density at radius 1 is 1.38 bits per heavy atom. The molecular weight excluding hydrogens is 336 g/mol. The Balaban J connectivity index is 2.84. The van der Waals surface area contributed by atoms with E-state index in [1.54, 1.807) is 20.8 Å². The van der Waals surface area contributed by atoms with Crippen LogP contribution in [0.25, 0.3) is 0 Å². The van der Waals surface area contributed by atoms with E-state index in [-0.39, 0.29) is 12.6 Å². The molecular formula is C15H21BrN2O3. The molecule has 2 amide bonds. The minimum atomic E-state index is -1.03. The van der Waals surface area contributed by atoms with Gasteiger partial charge in [0.15, 0.2) is 0 Å². The number of nitrogens with zero attached hydrogens (tertiary/aromatic N) is 1. The van der Waals surface area contributed by atoms with E-state index in [4.69, 9.17) is 5.11 Å². The van der Waals surface area contributed by atoms with E-state index in [9.17, 15) is 9.59 Å². The fraction of sp³-hybridized carbons (Fsp3) is 0.467. The minimum absolute atomic E-state index is 0.214. The van der Waals surface area contributed by atoms with Gasteiger partial charge in [-0.05, 0) is 45.4 Å². The van der Waals surface area contributed by atoms with E-state index in [0.29, 0.717) is 0 Å². The molecule has 1 aromatic rings. The van der Waals surface area contributed by atoms with Crippen LogP contribution in [0.1, 0.15) is 39.3 Å². The van der Waals surface area contributed by atoms with Gasteiger partial charge >= 0.3 is 12.0 Å². The molecule has 0 aliphatic carbocycles. The summed E-state index contributed by atoms with van der Waals surface area (Å²) in [6.45, 7) is 6.94. The Labute approximate surface area is 133 Å². The van der Waals surface area contributed by atoms with Gasteiger partial charge < -0.3 is 15.3 Å². The van der Waals surface area contributed by atoms with Crippen molar-refractivity contribution in [3.8, 4) is 0 Å². The van der Waals surface area contributed by atoms with Crippen molar-refractivity contribution >= 4 is 27.9 Å². The van der Waals surface area contributed by atoms with Crippen LogP contribution in [0.5, 0.6) is 0 Å². The average molecular weight is 357 g/mol. The molecule has 1 aromatic carbocycles. The number of nitrogens with one attached hydrogen (secondary N) is 1. The highest BCUT2D eigenvalue weighted by Gasteiger charge is 2.29. The SMILES string of the molecule is CC(NC(=O)N(CC(=O)O)C(C)(C)C)c1cccc(Br)c1. The number of halogens is 1. The van der Waals surface area contributed by atoms with Crippen LogP contribution in [0.3, 0.4) is 0 Å². The molecule has 5 nitrogen and oxygen atoms in total. The zero-order valence-corrected chi connectivity index (χ0v) is 14.3. The number of rotatable bonds is 4.